The van der Waals surface area contributed by atoms with E-state index in [-0.39, 0.29) is 31.9 Å². The zero-order valence-electron chi connectivity index (χ0n) is 32.8. The number of sulfonamides is 1. The fraction of sp³-hybridized carbons (Fsp3) is 0.524. The lowest BCUT2D eigenvalue weighted by atomic mass is 9.85. The lowest BCUT2D eigenvalue weighted by Crippen LogP contribution is -2.60. The van der Waals surface area contributed by atoms with Gasteiger partial charge >= 0.3 is 6.09 Å². The van der Waals surface area contributed by atoms with Gasteiger partial charge in [-0.05, 0) is 61.6 Å². The summed E-state index contributed by atoms with van der Waals surface area (Å²) in [6.07, 6.45) is 6.46. The summed E-state index contributed by atoms with van der Waals surface area (Å²) in [5.74, 6) is -2.34. The van der Waals surface area contributed by atoms with Gasteiger partial charge in [0.05, 0.1) is 29.4 Å². The van der Waals surface area contributed by atoms with Gasteiger partial charge < -0.3 is 25.0 Å². The minimum atomic E-state index is -3.91. The fourth-order valence-corrected chi connectivity index (χ4v) is 9.12. The van der Waals surface area contributed by atoms with Crippen molar-refractivity contribution < 1.29 is 37.1 Å². The summed E-state index contributed by atoms with van der Waals surface area (Å²) in [4.78, 5) is 67.2. The van der Waals surface area contributed by atoms with E-state index in [1.54, 1.807) is 20.8 Å². The summed E-state index contributed by atoms with van der Waals surface area (Å²) < 4.78 is 39.9. The van der Waals surface area contributed by atoms with Crippen LogP contribution in [-0.2, 0) is 35.6 Å². The zero-order chi connectivity index (χ0) is 40.5. The molecule has 3 aromatic rings. The van der Waals surface area contributed by atoms with Gasteiger partial charge in [-0.3, -0.25) is 19.1 Å². The minimum Gasteiger partial charge on any atom is -0.471 e. The maximum Gasteiger partial charge on any atom is 0.407 e. The molecule has 2 aliphatic carbocycles. The van der Waals surface area contributed by atoms with E-state index < -0.39 is 74.1 Å². The van der Waals surface area contributed by atoms with Gasteiger partial charge in [0.2, 0.25) is 27.7 Å². The monoisotopic (exact) mass is 800 g/mol. The van der Waals surface area contributed by atoms with E-state index in [1.807, 2.05) is 42.5 Å². The number of rotatable bonds is 7. The van der Waals surface area contributed by atoms with Crippen LogP contribution in [0.2, 0.25) is 0 Å². The Labute approximate surface area is 333 Å². The molecule has 0 radical (unpaired) electrons. The number of ether oxygens (including phenoxy) is 2. The van der Waals surface area contributed by atoms with E-state index in [2.05, 4.69) is 28.0 Å². The number of nitrogens with zero attached hydrogens (tertiary/aromatic N) is 3. The van der Waals surface area contributed by atoms with Crippen LogP contribution in [0.1, 0.15) is 84.1 Å². The normalized spacial score (nSPS) is 26.1. The second-order valence-corrected chi connectivity index (χ2v) is 18.8. The third-order valence-electron chi connectivity index (χ3n) is 11.3. The average molecular weight is 801 g/mol. The number of amides is 4. The van der Waals surface area contributed by atoms with Gasteiger partial charge in [-0.2, -0.15) is 0 Å². The molecule has 2 saturated carbocycles. The molecule has 2 aromatic carbocycles. The Kier molecular flexibility index (Phi) is 11.3. The number of fused-ring (bicyclic) bond motifs is 4. The molecule has 1 aromatic heterocycles. The highest BCUT2D eigenvalue weighted by molar-refractivity contribution is 7.91. The molecule has 2 aliphatic heterocycles. The number of nitrogens with one attached hydrogen (secondary N) is 3. The van der Waals surface area contributed by atoms with Crippen LogP contribution >= 0.6 is 0 Å². The second-order valence-electron chi connectivity index (χ2n) is 16.8. The van der Waals surface area contributed by atoms with Gasteiger partial charge in [-0.25, -0.2) is 23.2 Å². The first kappa shape index (κ1) is 40.2. The summed E-state index contributed by atoms with van der Waals surface area (Å²) in [6, 6.07) is 13.3. The molecule has 15 heteroatoms. The molecule has 0 unspecified atom stereocenters. The predicted octanol–water partition coefficient (Wildman–Crippen LogP) is 4.96. The molecule has 0 spiro atoms. The van der Waals surface area contributed by atoms with Gasteiger partial charge in [0, 0.05) is 17.9 Å². The van der Waals surface area contributed by atoms with Gasteiger partial charge in [-0.15, -0.1) is 6.58 Å². The molecule has 304 valence electrons. The number of cyclic esters (lactones) is 1. The molecule has 3 heterocycles. The topological polar surface area (TPSA) is 186 Å². The summed E-state index contributed by atoms with van der Waals surface area (Å²) in [5, 5.41) is 4.94. The Morgan fingerprint density at radius 3 is 2.44 bits per heavy atom. The Balaban J connectivity index is 1.25. The van der Waals surface area contributed by atoms with Crippen LogP contribution in [0.3, 0.4) is 0 Å². The molecular weight excluding hydrogens is 749 g/mol. The van der Waals surface area contributed by atoms with Crippen LogP contribution in [0, 0.1) is 11.3 Å². The van der Waals surface area contributed by atoms with E-state index in [4.69, 9.17) is 19.4 Å². The van der Waals surface area contributed by atoms with Crippen LogP contribution in [0.4, 0.5) is 4.79 Å². The lowest BCUT2D eigenvalue weighted by molar-refractivity contribution is -0.142. The number of aromatic nitrogens is 2. The van der Waals surface area contributed by atoms with E-state index >= 15 is 0 Å². The van der Waals surface area contributed by atoms with Crippen LogP contribution < -0.4 is 20.1 Å². The summed E-state index contributed by atoms with van der Waals surface area (Å²) in [5.41, 5.74) is 1.35. The van der Waals surface area contributed by atoms with Crippen molar-refractivity contribution in [2.75, 3.05) is 13.2 Å². The first-order valence-electron chi connectivity index (χ1n) is 20.0. The number of carbonyl (C=O) groups excluding carboxylic acids is 4. The van der Waals surface area contributed by atoms with E-state index in [0.29, 0.717) is 36.0 Å². The van der Waals surface area contributed by atoms with Crippen molar-refractivity contribution in [3.63, 3.8) is 0 Å². The average Bonchev–Trinajstić information content (AvgIpc) is 4.10. The van der Waals surface area contributed by atoms with Crippen LogP contribution in [0.15, 0.2) is 61.2 Å². The van der Waals surface area contributed by atoms with Crippen molar-refractivity contribution >= 4 is 44.9 Å². The number of hydrogen-bond donors (Lipinski definition) is 3. The maximum atomic E-state index is 14.7. The van der Waals surface area contributed by atoms with Crippen molar-refractivity contribution in [2.45, 2.75) is 114 Å². The van der Waals surface area contributed by atoms with Crippen molar-refractivity contribution in [1.82, 2.24) is 30.2 Å². The summed E-state index contributed by atoms with van der Waals surface area (Å²) >= 11 is 0. The highest BCUT2D eigenvalue weighted by Crippen LogP contribution is 2.45. The molecular formula is C42H52N6O8S. The number of aryl methyl sites for hydroxylation is 1. The molecule has 4 amide bonds. The molecule has 7 rings (SSSR count). The molecule has 57 heavy (non-hydrogen) atoms. The smallest absolute Gasteiger partial charge is 0.407 e. The molecule has 1 saturated heterocycles. The first-order valence-corrected chi connectivity index (χ1v) is 21.5. The number of hydrogen-bond acceptors (Lipinski definition) is 10. The highest BCUT2D eigenvalue weighted by Gasteiger charge is 2.62. The number of carbonyl (C=O) groups is 4. The van der Waals surface area contributed by atoms with Gasteiger partial charge in [0.15, 0.2) is 0 Å². The van der Waals surface area contributed by atoms with Crippen molar-refractivity contribution in [3.05, 3.63) is 66.7 Å². The van der Waals surface area contributed by atoms with Crippen molar-refractivity contribution in [3.8, 4) is 17.1 Å². The van der Waals surface area contributed by atoms with E-state index in [0.717, 1.165) is 43.2 Å². The molecule has 3 fully saturated rings. The van der Waals surface area contributed by atoms with Gasteiger partial charge in [0.1, 0.15) is 29.4 Å². The molecule has 4 aliphatic rings. The van der Waals surface area contributed by atoms with Crippen LogP contribution in [-0.4, -0.2) is 89.2 Å². The Hall–Kier alpha value is -5.05. The quantitative estimate of drug-likeness (QED) is 0.276. The van der Waals surface area contributed by atoms with Crippen LogP contribution in [0.25, 0.3) is 22.3 Å². The predicted molar refractivity (Wildman–Crippen MR) is 213 cm³/mol. The van der Waals surface area contributed by atoms with Crippen molar-refractivity contribution in [2.24, 2.45) is 11.3 Å². The SMILES string of the molecule is C=C[C@@H]1C[C@@]1(NC(=O)[C@@H]1C[C@@H]2CN1C(=O)[C@H](C(C)(C)C)NC(=O)OCCCCCCCc1ccc3nc(-c4ccccc4)c(nc3c1)O2)C(=O)NS(=O)(=O)C1CC1. The van der Waals surface area contributed by atoms with Gasteiger partial charge in [0.25, 0.3) is 5.91 Å². The number of benzene rings is 2. The summed E-state index contributed by atoms with van der Waals surface area (Å²) in [7, 11) is -3.91. The highest BCUT2D eigenvalue weighted by atomic mass is 32.2. The van der Waals surface area contributed by atoms with Crippen molar-refractivity contribution in [1.29, 1.82) is 0 Å². The lowest BCUT2D eigenvalue weighted by Gasteiger charge is -2.35. The molecule has 3 N–H and O–H groups in total. The third kappa shape index (κ3) is 8.93. The molecule has 14 nitrogen and oxygen atoms in total. The Bertz CT molecular complexity index is 2150. The number of alkyl carbamates (subject to hydrolysis) is 1. The third-order valence-corrected chi connectivity index (χ3v) is 13.2. The molecule has 5 bridgehead atoms. The Morgan fingerprint density at radius 1 is 1.00 bits per heavy atom. The van der Waals surface area contributed by atoms with Gasteiger partial charge in [-0.1, -0.05) is 82.5 Å². The largest absolute Gasteiger partial charge is 0.471 e. The minimum absolute atomic E-state index is 0.00367. The Morgan fingerprint density at radius 2 is 1.74 bits per heavy atom. The fourth-order valence-electron chi connectivity index (χ4n) is 7.76. The zero-order valence-corrected chi connectivity index (χ0v) is 33.6. The second kappa shape index (κ2) is 16.1. The summed E-state index contributed by atoms with van der Waals surface area (Å²) in [6.45, 7) is 9.35. The van der Waals surface area contributed by atoms with E-state index in [1.165, 1.54) is 11.0 Å². The first-order chi connectivity index (χ1) is 27.2. The molecule has 5 atom stereocenters. The van der Waals surface area contributed by atoms with E-state index in [9.17, 15) is 27.6 Å². The van der Waals surface area contributed by atoms with Crippen LogP contribution in [0.5, 0.6) is 5.88 Å². The maximum absolute atomic E-state index is 14.7. The standard InChI is InChI=1S/C42H52N6O8S/c1-5-28-24-42(28,39(51)47-57(53,54)30-18-19-30)46-36(49)33-23-29-25-48(33)38(50)35(41(2,3)4)45-40(52)55-21-13-8-6-7-10-14-26-17-20-31-32(22-26)44-37(56-29)34(43-31)27-15-11-9-12-16-27/h5,9,11-12,15-17,20,22,28-30,33,35H,1,6-8,10,13-14,18-19,21,23-25H2,2-4H3,(H,45,52)(H,46,49)(H,47,51)/t28-,29-,33+,35-,42+/m1/s1.